The highest BCUT2D eigenvalue weighted by Crippen LogP contribution is 2.31. The molecule has 1 aromatic heterocycles. The van der Waals surface area contributed by atoms with Gasteiger partial charge in [-0.3, -0.25) is 0 Å². The maximum absolute atomic E-state index is 11.3. The number of benzene rings is 1. The third-order valence-corrected chi connectivity index (χ3v) is 3.79. The molecule has 2 heterocycles. The van der Waals surface area contributed by atoms with Crippen molar-refractivity contribution in [3.05, 3.63) is 41.3 Å². The van der Waals surface area contributed by atoms with Crippen LogP contribution in [0, 0.1) is 0 Å². The van der Waals surface area contributed by atoms with Crippen molar-refractivity contribution in [2.24, 2.45) is 0 Å². The zero-order valence-electron chi connectivity index (χ0n) is 10.2. The smallest absolute Gasteiger partial charge is 0.326 e. The van der Waals surface area contributed by atoms with Crippen LogP contribution in [0.25, 0.3) is 11.3 Å². The van der Waals surface area contributed by atoms with E-state index in [4.69, 9.17) is 11.6 Å². The molecule has 0 amide bonds. The van der Waals surface area contributed by atoms with Gasteiger partial charge < -0.3 is 9.67 Å². The second kappa shape index (κ2) is 4.70. The van der Waals surface area contributed by atoms with E-state index < -0.39 is 12.0 Å². The fourth-order valence-corrected chi connectivity index (χ4v) is 2.75. The van der Waals surface area contributed by atoms with Gasteiger partial charge in [0.2, 0.25) is 0 Å². The lowest BCUT2D eigenvalue weighted by Gasteiger charge is -2.20. The van der Waals surface area contributed by atoms with Gasteiger partial charge in [-0.2, -0.15) is 0 Å². The maximum Gasteiger partial charge on any atom is 0.326 e. The average molecular weight is 277 g/mol. The summed E-state index contributed by atoms with van der Waals surface area (Å²) in [6.45, 7) is 0. The first kappa shape index (κ1) is 12.2. The summed E-state index contributed by atoms with van der Waals surface area (Å²) in [5, 5.41) is 9.87. The minimum atomic E-state index is -0.802. The molecule has 19 heavy (non-hydrogen) atoms. The maximum atomic E-state index is 11.3. The molecule has 3 rings (SSSR count). The Kier molecular flexibility index (Phi) is 3.03. The number of rotatable bonds is 2. The molecule has 2 aromatic rings. The van der Waals surface area contributed by atoms with E-state index in [0.717, 1.165) is 29.9 Å². The van der Waals surface area contributed by atoms with Crippen LogP contribution in [0.2, 0.25) is 5.02 Å². The summed E-state index contributed by atoms with van der Waals surface area (Å²) in [5.74, 6) is 0.0256. The second-order valence-electron chi connectivity index (χ2n) is 4.68. The highest BCUT2D eigenvalue weighted by Gasteiger charge is 2.27. The van der Waals surface area contributed by atoms with Gasteiger partial charge in [0.1, 0.15) is 11.9 Å². The van der Waals surface area contributed by atoms with Gasteiger partial charge in [-0.1, -0.05) is 29.8 Å². The highest BCUT2D eigenvalue weighted by atomic mass is 35.5. The number of halogens is 1. The number of aliphatic carboxylic acids is 1. The van der Waals surface area contributed by atoms with Crippen molar-refractivity contribution >= 4 is 17.6 Å². The molecule has 1 aliphatic heterocycles. The van der Waals surface area contributed by atoms with Crippen LogP contribution in [-0.4, -0.2) is 20.6 Å². The largest absolute Gasteiger partial charge is 0.480 e. The molecule has 4 nitrogen and oxygen atoms in total. The van der Waals surface area contributed by atoms with Gasteiger partial charge in [0, 0.05) is 18.2 Å². The molecule has 5 heteroatoms. The van der Waals surface area contributed by atoms with Crippen molar-refractivity contribution in [3.8, 4) is 11.3 Å². The molecule has 0 saturated heterocycles. The van der Waals surface area contributed by atoms with Crippen LogP contribution in [0.4, 0.5) is 0 Å². The van der Waals surface area contributed by atoms with Crippen LogP contribution in [0.3, 0.4) is 0 Å². The summed E-state index contributed by atoms with van der Waals surface area (Å²) in [6, 6.07) is 6.96. The van der Waals surface area contributed by atoms with Gasteiger partial charge in [0.15, 0.2) is 0 Å². The first-order chi connectivity index (χ1) is 9.16. The van der Waals surface area contributed by atoms with Crippen LogP contribution in [0.5, 0.6) is 0 Å². The molecular weight excluding hydrogens is 264 g/mol. The molecule has 1 unspecified atom stereocenters. The highest BCUT2D eigenvalue weighted by molar-refractivity contribution is 6.33. The fraction of sp³-hybridized carbons (Fsp3) is 0.286. The number of hydrogen-bond acceptors (Lipinski definition) is 2. The molecule has 0 spiro atoms. The lowest BCUT2D eigenvalue weighted by molar-refractivity contribution is -0.141. The molecule has 0 radical (unpaired) electrons. The van der Waals surface area contributed by atoms with E-state index in [9.17, 15) is 9.90 Å². The Morgan fingerprint density at radius 1 is 1.42 bits per heavy atom. The average Bonchev–Trinajstić information content (AvgIpc) is 2.82. The number of fused-ring (bicyclic) bond motifs is 1. The standard InChI is InChI=1S/C14H13ClN2O2/c15-10-5-2-1-4-9(10)11-8-17-12(14(18)19)6-3-7-13(17)16-11/h1-2,4-5,8,12H,3,6-7H2,(H,18,19). The summed E-state index contributed by atoms with van der Waals surface area (Å²) >= 11 is 6.16. The van der Waals surface area contributed by atoms with Crippen molar-refractivity contribution in [1.29, 1.82) is 0 Å². The first-order valence-electron chi connectivity index (χ1n) is 6.22. The van der Waals surface area contributed by atoms with Crippen molar-refractivity contribution in [3.63, 3.8) is 0 Å². The van der Waals surface area contributed by atoms with E-state index in [1.54, 1.807) is 10.8 Å². The SMILES string of the molecule is O=C(O)C1CCCc2nc(-c3ccccc3Cl)cn21. The van der Waals surface area contributed by atoms with E-state index in [1.165, 1.54) is 0 Å². The van der Waals surface area contributed by atoms with E-state index in [-0.39, 0.29) is 0 Å². The minimum Gasteiger partial charge on any atom is -0.480 e. The second-order valence-corrected chi connectivity index (χ2v) is 5.08. The molecule has 0 fully saturated rings. The number of hydrogen-bond donors (Lipinski definition) is 1. The number of nitrogens with zero attached hydrogens (tertiary/aromatic N) is 2. The summed E-state index contributed by atoms with van der Waals surface area (Å²) in [7, 11) is 0. The van der Waals surface area contributed by atoms with Gasteiger partial charge >= 0.3 is 5.97 Å². The van der Waals surface area contributed by atoms with Gasteiger partial charge in [-0.15, -0.1) is 0 Å². The third-order valence-electron chi connectivity index (χ3n) is 3.46. The van der Waals surface area contributed by atoms with E-state index in [2.05, 4.69) is 4.98 Å². The molecule has 1 atom stereocenters. The van der Waals surface area contributed by atoms with E-state index in [0.29, 0.717) is 11.4 Å². The Labute approximate surface area is 115 Å². The molecule has 1 N–H and O–H groups in total. The number of carbonyl (C=O) groups is 1. The number of imidazole rings is 1. The van der Waals surface area contributed by atoms with E-state index in [1.807, 2.05) is 24.3 Å². The van der Waals surface area contributed by atoms with Gasteiger partial charge in [-0.25, -0.2) is 9.78 Å². The van der Waals surface area contributed by atoms with Crippen LogP contribution in [0.1, 0.15) is 24.7 Å². The summed E-state index contributed by atoms with van der Waals surface area (Å²) in [5.41, 5.74) is 1.59. The Morgan fingerprint density at radius 3 is 2.95 bits per heavy atom. The van der Waals surface area contributed by atoms with Crippen LogP contribution in [0.15, 0.2) is 30.5 Å². The molecule has 0 bridgehead atoms. The minimum absolute atomic E-state index is 0.507. The molecular formula is C14H13ClN2O2. The van der Waals surface area contributed by atoms with Gasteiger partial charge in [-0.05, 0) is 18.9 Å². The Bertz CT molecular complexity index is 636. The number of aryl methyl sites for hydroxylation is 1. The predicted molar refractivity (Wildman–Crippen MR) is 72.3 cm³/mol. The first-order valence-corrected chi connectivity index (χ1v) is 6.60. The molecule has 0 saturated carbocycles. The monoisotopic (exact) mass is 276 g/mol. The van der Waals surface area contributed by atoms with Crippen molar-refractivity contribution < 1.29 is 9.90 Å². The molecule has 98 valence electrons. The zero-order valence-corrected chi connectivity index (χ0v) is 11.0. The van der Waals surface area contributed by atoms with Gasteiger partial charge in [0.25, 0.3) is 0 Å². The predicted octanol–water partition coefficient (Wildman–Crippen LogP) is 3.17. The molecule has 1 aromatic carbocycles. The molecule has 0 aliphatic carbocycles. The van der Waals surface area contributed by atoms with Crippen molar-refractivity contribution in [1.82, 2.24) is 9.55 Å². The van der Waals surface area contributed by atoms with Crippen molar-refractivity contribution in [2.75, 3.05) is 0 Å². The third kappa shape index (κ3) is 2.12. The fourth-order valence-electron chi connectivity index (χ4n) is 2.52. The summed E-state index contributed by atoms with van der Waals surface area (Å²) < 4.78 is 1.77. The van der Waals surface area contributed by atoms with Gasteiger partial charge in [0.05, 0.1) is 10.7 Å². The summed E-state index contributed by atoms with van der Waals surface area (Å²) in [4.78, 5) is 15.8. The quantitative estimate of drug-likeness (QED) is 0.917. The lowest BCUT2D eigenvalue weighted by Crippen LogP contribution is -2.24. The van der Waals surface area contributed by atoms with Crippen molar-refractivity contribution in [2.45, 2.75) is 25.3 Å². The van der Waals surface area contributed by atoms with Crippen LogP contribution in [-0.2, 0) is 11.2 Å². The van der Waals surface area contributed by atoms with Crippen LogP contribution < -0.4 is 0 Å². The summed E-state index contributed by atoms with van der Waals surface area (Å²) in [6.07, 6.45) is 4.12. The number of carboxylic acids is 1. The number of carboxylic acid groups (broad SMARTS) is 1. The zero-order chi connectivity index (χ0) is 13.4. The van der Waals surface area contributed by atoms with E-state index >= 15 is 0 Å². The number of aromatic nitrogens is 2. The Balaban J connectivity index is 2.07. The topological polar surface area (TPSA) is 55.1 Å². The lowest BCUT2D eigenvalue weighted by atomic mass is 10.1. The Hall–Kier alpha value is -1.81. The van der Waals surface area contributed by atoms with Crippen LogP contribution >= 0.6 is 11.6 Å². The Morgan fingerprint density at radius 2 is 2.21 bits per heavy atom. The normalized spacial score (nSPS) is 18.1. The molecule has 1 aliphatic rings.